The summed E-state index contributed by atoms with van der Waals surface area (Å²) in [5.74, 6) is -1.97. The van der Waals surface area contributed by atoms with Gasteiger partial charge in [-0.15, -0.1) is 0 Å². The van der Waals surface area contributed by atoms with E-state index in [2.05, 4.69) is 29.8 Å². The Bertz CT molecular complexity index is 1160. The third-order valence-corrected chi connectivity index (χ3v) is 7.21. The van der Waals surface area contributed by atoms with Crippen molar-refractivity contribution in [2.45, 2.75) is 79.9 Å². The van der Waals surface area contributed by atoms with E-state index in [1.807, 2.05) is 6.92 Å². The number of benzene rings is 1. The number of unbranched alkanes of at least 4 members (excludes halogenated alkanes) is 1. The second-order valence-corrected chi connectivity index (χ2v) is 12.8. The highest BCUT2D eigenvalue weighted by Gasteiger charge is 2.22. The van der Waals surface area contributed by atoms with E-state index in [9.17, 15) is 33.0 Å². The van der Waals surface area contributed by atoms with Crippen LogP contribution in [0, 0.1) is 11.8 Å². The molecule has 0 radical (unpaired) electrons. The minimum Gasteiger partial charge on any atom is -0.445 e. The molecule has 1 rings (SSSR count). The van der Waals surface area contributed by atoms with Crippen LogP contribution in [0.5, 0.6) is 0 Å². The molecule has 3 atom stereocenters. The molecule has 1 aromatic carbocycles. The first-order valence-corrected chi connectivity index (χ1v) is 17.5. The predicted octanol–water partition coefficient (Wildman–Crippen LogP) is 3.62. The lowest BCUT2D eigenvalue weighted by atomic mass is 9.94. The number of carbonyl (C=O) groups excluding carboxylic acids is 6. The highest BCUT2D eigenvalue weighted by atomic mass is 32.2. The van der Waals surface area contributed by atoms with Crippen LogP contribution in [0.25, 0.3) is 0 Å². The molecule has 0 saturated heterocycles. The average Bonchev–Trinajstić information content (AvgIpc) is 3.02. The summed E-state index contributed by atoms with van der Waals surface area (Å²) in [6, 6.07) is 5.66. The van der Waals surface area contributed by atoms with Crippen molar-refractivity contribution in [2.24, 2.45) is 11.8 Å². The highest BCUT2D eigenvalue weighted by Crippen LogP contribution is 2.14. The van der Waals surface area contributed by atoms with Gasteiger partial charge in [-0.05, 0) is 37.0 Å². The van der Waals surface area contributed by atoms with Gasteiger partial charge in [0.15, 0.2) is 0 Å². The summed E-state index contributed by atoms with van der Waals surface area (Å²) in [6.07, 6.45) is 3.56. The second kappa shape index (κ2) is 24.2. The van der Waals surface area contributed by atoms with Gasteiger partial charge in [-0.25, -0.2) is 9.59 Å². The Hall–Kier alpha value is -4.01. The van der Waals surface area contributed by atoms with E-state index in [0.717, 1.165) is 12.8 Å². The van der Waals surface area contributed by atoms with E-state index in [1.165, 1.54) is 20.4 Å². The van der Waals surface area contributed by atoms with Crippen LogP contribution in [0.2, 0.25) is 0 Å². The lowest BCUT2D eigenvalue weighted by molar-refractivity contribution is -0.161. The summed E-state index contributed by atoms with van der Waals surface area (Å²) < 4.78 is 16.8. The summed E-state index contributed by atoms with van der Waals surface area (Å²) in [5, 5.41) is 7.98. The molecule has 3 N–H and O–H groups in total. The molecular formula is C32H53N5O9S. The van der Waals surface area contributed by atoms with Crippen LogP contribution in [0.15, 0.2) is 24.3 Å². The van der Waals surface area contributed by atoms with Gasteiger partial charge in [0, 0.05) is 61.0 Å². The van der Waals surface area contributed by atoms with Crippen LogP contribution in [0.3, 0.4) is 0 Å². The van der Waals surface area contributed by atoms with Gasteiger partial charge in [0.2, 0.25) is 11.8 Å². The van der Waals surface area contributed by atoms with Crippen molar-refractivity contribution < 1.29 is 42.6 Å². The fourth-order valence-electron chi connectivity index (χ4n) is 3.54. The standard InChI is InChI=1S/C29H45N5O9S.C3H8/c1-7-8-13-34(14-15-44(6)41)29(40)42-19-22-9-11-24(12-10-22)32-27(38)21(4)31-25(36)17-30-28(39)43-33(5)26(37)16-23(18-35)20(2)3;1-3-2/h9-12,18,20-21,23H,7-8,13-17,19H2,1-6H3,(H,30,39)(H,31,36)(H,32,38);3H2,1-2H3. The van der Waals surface area contributed by atoms with E-state index in [-0.39, 0.29) is 18.9 Å². The van der Waals surface area contributed by atoms with Crippen LogP contribution in [-0.4, -0.2) is 95.1 Å². The zero-order chi connectivity index (χ0) is 35.9. The monoisotopic (exact) mass is 683 g/mol. The van der Waals surface area contributed by atoms with Crippen molar-refractivity contribution >= 4 is 52.7 Å². The molecule has 3 unspecified atom stereocenters. The van der Waals surface area contributed by atoms with Crippen molar-refractivity contribution in [1.29, 1.82) is 0 Å². The molecule has 5 amide bonds. The first-order valence-electron chi connectivity index (χ1n) is 15.8. The minimum atomic E-state index is -1.06. The molecule has 47 heavy (non-hydrogen) atoms. The maximum atomic E-state index is 12.5. The van der Waals surface area contributed by atoms with E-state index in [1.54, 1.807) is 49.3 Å². The first kappa shape index (κ1) is 43.0. The summed E-state index contributed by atoms with van der Waals surface area (Å²) in [7, 11) is 0.198. The number of ether oxygens (including phenoxy) is 1. The number of amides is 5. The Balaban J connectivity index is 0.00000677. The number of hydroxylamine groups is 2. The molecular weight excluding hydrogens is 630 g/mol. The van der Waals surface area contributed by atoms with Gasteiger partial charge < -0.3 is 35.2 Å². The maximum absolute atomic E-state index is 12.5. The summed E-state index contributed by atoms with van der Waals surface area (Å²) in [4.78, 5) is 78.8. The van der Waals surface area contributed by atoms with Crippen molar-refractivity contribution in [3.05, 3.63) is 29.8 Å². The smallest absolute Gasteiger partial charge is 0.432 e. The Morgan fingerprint density at radius 1 is 1.00 bits per heavy atom. The second-order valence-electron chi connectivity index (χ2n) is 11.2. The van der Waals surface area contributed by atoms with Crippen LogP contribution in [-0.2, 0) is 46.2 Å². The fraction of sp³-hybridized carbons (Fsp3) is 0.625. The SMILES string of the molecule is CCC.CCCCN(CCS(C)=O)C(=O)OCc1ccc(NC(=O)C(C)NC(=O)CNC(=O)ON(C)C(=O)CC(C=O)C(C)C)cc1. The molecule has 266 valence electrons. The number of rotatable bonds is 17. The molecule has 0 spiro atoms. The number of nitrogens with one attached hydrogen (secondary N) is 3. The van der Waals surface area contributed by atoms with E-state index in [0.29, 0.717) is 41.4 Å². The quantitative estimate of drug-likeness (QED) is 0.163. The molecule has 0 bridgehead atoms. The lowest BCUT2D eigenvalue weighted by Gasteiger charge is -2.21. The Labute approximate surface area is 281 Å². The Kier molecular flexibility index (Phi) is 22.1. The van der Waals surface area contributed by atoms with Crippen molar-refractivity contribution in [2.75, 3.05) is 44.0 Å². The highest BCUT2D eigenvalue weighted by molar-refractivity contribution is 7.84. The van der Waals surface area contributed by atoms with Crippen LogP contribution >= 0.6 is 0 Å². The van der Waals surface area contributed by atoms with Crippen LogP contribution in [0.1, 0.15) is 72.8 Å². The molecule has 0 aliphatic rings. The summed E-state index contributed by atoms with van der Waals surface area (Å²) >= 11 is 0. The first-order chi connectivity index (χ1) is 22.2. The number of hydrogen-bond acceptors (Lipinski definition) is 9. The Morgan fingerprint density at radius 3 is 2.15 bits per heavy atom. The number of aldehydes is 1. The topological polar surface area (TPSA) is 181 Å². The van der Waals surface area contributed by atoms with Crippen LogP contribution in [0.4, 0.5) is 15.3 Å². The zero-order valence-electron chi connectivity index (χ0n) is 29.0. The number of hydrogen-bond donors (Lipinski definition) is 3. The van der Waals surface area contributed by atoms with Crippen LogP contribution < -0.4 is 16.0 Å². The minimum absolute atomic E-state index is 0.0218. The van der Waals surface area contributed by atoms with E-state index >= 15 is 0 Å². The number of anilines is 1. The molecule has 0 fully saturated rings. The van der Waals surface area contributed by atoms with Gasteiger partial charge in [0.05, 0.1) is 0 Å². The summed E-state index contributed by atoms with van der Waals surface area (Å²) in [5.41, 5.74) is 1.14. The molecule has 0 heterocycles. The molecule has 0 saturated carbocycles. The molecule has 0 aliphatic heterocycles. The van der Waals surface area contributed by atoms with Crippen molar-refractivity contribution in [3.63, 3.8) is 0 Å². The average molecular weight is 684 g/mol. The van der Waals surface area contributed by atoms with Gasteiger partial charge in [-0.3, -0.25) is 18.6 Å². The van der Waals surface area contributed by atoms with Gasteiger partial charge in [-0.1, -0.05) is 59.6 Å². The zero-order valence-corrected chi connectivity index (χ0v) is 29.8. The lowest BCUT2D eigenvalue weighted by Crippen LogP contribution is -2.46. The predicted molar refractivity (Wildman–Crippen MR) is 181 cm³/mol. The third-order valence-electron chi connectivity index (χ3n) is 6.45. The van der Waals surface area contributed by atoms with E-state index in [4.69, 9.17) is 9.57 Å². The molecule has 0 aliphatic carbocycles. The normalized spacial score (nSPS) is 12.3. The molecule has 14 nitrogen and oxygen atoms in total. The summed E-state index contributed by atoms with van der Waals surface area (Å²) in [6.45, 7) is 11.7. The number of nitrogens with zero attached hydrogens (tertiary/aromatic N) is 2. The third kappa shape index (κ3) is 19.3. The van der Waals surface area contributed by atoms with Crippen molar-refractivity contribution in [1.82, 2.24) is 20.6 Å². The van der Waals surface area contributed by atoms with Crippen molar-refractivity contribution in [3.8, 4) is 0 Å². The van der Waals surface area contributed by atoms with Gasteiger partial charge in [-0.2, -0.15) is 5.06 Å². The maximum Gasteiger partial charge on any atom is 0.432 e. The van der Waals surface area contributed by atoms with Gasteiger partial charge >= 0.3 is 12.2 Å². The molecule has 1 aromatic rings. The van der Waals surface area contributed by atoms with Gasteiger partial charge in [0.1, 0.15) is 25.5 Å². The molecule has 15 heteroatoms. The number of carbonyl (C=O) groups is 6. The largest absolute Gasteiger partial charge is 0.445 e. The molecule has 0 aromatic heterocycles. The van der Waals surface area contributed by atoms with Gasteiger partial charge in [0.25, 0.3) is 5.91 Å². The Morgan fingerprint density at radius 2 is 1.62 bits per heavy atom. The fourth-order valence-corrected chi connectivity index (χ4v) is 4.02. The van der Waals surface area contributed by atoms with E-state index < -0.39 is 59.2 Å².